The van der Waals surface area contributed by atoms with Gasteiger partial charge in [0, 0.05) is 52.1 Å². The highest BCUT2D eigenvalue weighted by atomic mass is 16.5. The minimum absolute atomic E-state index is 0.131. The molecule has 2 heterocycles. The minimum Gasteiger partial charge on any atom is -0.431 e. The lowest BCUT2D eigenvalue weighted by molar-refractivity contribution is -0.141. The summed E-state index contributed by atoms with van der Waals surface area (Å²) in [5, 5.41) is 0. The third-order valence-electron chi connectivity index (χ3n) is 3.93. The molecule has 0 aliphatic carbocycles. The van der Waals surface area contributed by atoms with Crippen molar-refractivity contribution in [1.29, 1.82) is 0 Å². The fraction of sp³-hybridized carbons (Fsp3) is 0.684. The van der Waals surface area contributed by atoms with Gasteiger partial charge in [0.15, 0.2) is 0 Å². The number of allylic oxidation sites excluding steroid dienone is 4. The Kier molecular flexibility index (Phi) is 9.29. The molecule has 0 unspecified atom stereocenters. The first-order chi connectivity index (χ1) is 12.2. The Hall–Kier alpha value is -1.66. The molecule has 0 saturated carbocycles. The molecule has 0 atom stereocenters. The summed E-state index contributed by atoms with van der Waals surface area (Å²) in [6.07, 6.45) is 10.6. The Balaban J connectivity index is 1.34. The van der Waals surface area contributed by atoms with Gasteiger partial charge >= 0.3 is 11.9 Å². The van der Waals surface area contributed by atoms with E-state index >= 15 is 0 Å². The number of hydrogen-bond donors (Lipinski definition) is 0. The summed E-state index contributed by atoms with van der Waals surface area (Å²) in [7, 11) is 0. The van der Waals surface area contributed by atoms with Crippen LogP contribution in [0.4, 0.5) is 0 Å². The Morgan fingerprint density at radius 3 is 1.60 bits per heavy atom. The van der Waals surface area contributed by atoms with Gasteiger partial charge in [0.25, 0.3) is 0 Å². The minimum atomic E-state index is -0.131. The van der Waals surface area contributed by atoms with Gasteiger partial charge in [-0.1, -0.05) is 0 Å². The summed E-state index contributed by atoms with van der Waals surface area (Å²) in [5.41, 5.74) is 0. The second-order valence-electron chi connectivity index (χ2n) is 6.15. The number of ether oxygens (including phenoxy) is 4. The van der Waals surface area contributed by atoms with E-state index in [2.05, 4.69) is 0 Å². The zero-order chi connectivity index (χ0) is 17.7. The van der Waals surface area contributed by atoms with Gasteiger partial charge in [0.05, 0.1) is 0 Å². The number of hydrogen-bond acceptors (Lipinski definition) is 6. The summed E-state index contributed by atoms with van der Waals surface area (Å²) >= 11 is 0. The highest BCUT2D eigenvalue weighted by Crippen LogP contribution is 2.16. The summed E-state index contributed by atoms with van der Waals surface area (Å²) < 4.78 is 21.4. The van der Waals surface area contributed by atoms with Crippen molar-refractivity contribution in [3.05, 3.63) is 23.7 Å². The molecular formula is C19H28O6. The lowest BCUT2D eigenvalue weighted by Gasteiger charge is -2.13. The summed E-state index contributed by atoms with van der Waals surface area (Å²) in [6, 6.07) is 0. The topological polar surface area (TPSA) is 71.1 Å². The predicted octanol–water partition coefficient (Wildman–Crippen LogP) is 3.41. The van der Waals surface area contributed by atoms with Gasteiger partial charge in [-0.05, 0) is 44.3 Å². The van der Waals surface area contributed by atoms with Gasteiger partial charge in [0.2, 0.25) is 0 Å². The van der Waals surface area contributed by atoms with Gasteiger partial charge in [0.1, 0.15) is 11.5 Å². The Morgan fingerprint density at radius 1 is 0.720 bits per heavy atom. The first-order valence-corrected chi connectivity index (χ1v) is 9.19. The number of esters is 2. The molecule has 140 valence electrons. The average molecular weight is 352 g/mol. The van der Waals surface area contributed by atoms with Crippen LogP contribution in [0.3, 0.4) is 0 Å². The van der Waals surface area contributed by atoms with E-state index in [9.17, 15) is 9.59 Å². The molecule has 25 heavy (non-hydrogen) atoms. The lowest BCUT2D eigenvalue weighted by Crippen LogP contribution is -2.10. The van der Waals surface area contributed by atoms with Gasteiger partial charge < -0.3 is 18.9 Å². The maximum atomic E-state index is 11.1. The van der Waals surface area contributed by atoms with Crippen molar-refractivity contribution >= 4 is 11.9 Å². The van der Waals surface area contributed by atoms with E-state index in [1.807, 2.05) is 12.2 Å². The van der Waals surface area contributed by atoms with E-state index in [0.717, 1.165) is 56.5 Å². The van der Waals surface area contributed by atoms with E-state index in [1.165, 1.54) is 0 Å². The van der Waals surface area contributed by atoms with Crippen LogP contribution in [0.2, 0.25) is 0 Å². The van der Waals surface area contributed by atoms with Crippen LogP contribution in [0.15, 0.2) is 23.7 Å². The third kappa shape index (κ3) is 8.84. The maximum absolute atomic E-state index is 11.1. The zero-order valence-electron chi connectivity index (χ0n) is 14.8. The molecule has 0 radical (unpaired) electrons. The van der Waals surface area contributed by atoms with E-state index in [-0.39, 0.29) is 11.9 Å². The molecule has 0 aromatic carbocycles. The number of carbonyl (C=O) groups is 2. The van der Waals surface area contributed by atoms with E-state index in [1.54, 1.807) is 0 Å². The molecule has 0 spiro atoms. The van der Waals surface area contributed by atoms with Crippen LogP contribution in [0.25, 0.3) is 0 Å². The van der Waals surface area contributed by atoms with Crippen LogP contribution in [0.5, 0.6) is 0 Å². The Morgan fingerprint density at radius 2 is 1.16 bits per heavy atom. The van der Waals surface area contributed by atoms with Crippen molar-refractivity contribution in [3.63, 3.8) is 0 Å². The highest BCUT2D eigenvalue weighted by molar-refractivity contribution is 5.72. The third-order valence-corrected chi connectivity index (χ3v) is 3.93. The molecule has 0 fully saturated rings. The van der Waals surface area contributed by atoms with Crippen molar-refractivity contribution in [2.24, 2.45) is 0 Å². The average Bonchev–Trinajstić information content (AvgIpc) is 2.60. The molecule has 0 N–H and O–H groups in total. The van der Waals surface area contributed by atoms with E-state index < -0.39 is 0 Å². The lowest BCUT2D eigenvalue weighted by atomic mass is 10.2. The monoisotopic (exact) mass is 352 g/mol. The van der Waals surface area contributed by atoms with E-state index in [4.69, 9.17) is 18.9 Å². The van der Waals surface area contributed by atoms with Crippen LogP contribution in [-0.2, 0) is 28.5 Å². The zero-order valence-corrected chi connectivity index (χ0v) is 14.8. The molecule has 2 aliphatic rings. The van der Waals surface area contributed by atoms with Crippen LogP contribution < -0.4 is 0 Å². The Labute approximate surface area is 149 Å². The summed E-state index contributed by atoms with van der Waals surface area (Å²) in [4.78, 5) is 22.3. The number of cyclic esters (lactones) is 2. The van der Waals surface area contributed by atoms with Crippen molar-refractivity contribution in [2.75, 3.05) is 26.4 Å². The largest absolute Gasteiger partial charge is 0.431 e. The second kappa shape index (κ2) is 11.8. The molecule has 0 aromatic heterocycles. The van der Waals surface area contributed by atoms with Crippen molar-refractivity contribution in [2.45, 2.75) is 57.8 Å². The fourth-order valence-electron chi connectivity index (χ4n) is 2.65. The normalized spacial score (nSPS) is 17.6. The second-order valence-corrected chi connectivity index (χ2v) is 6.15. The maximum Gasteiger partial charge on any atom is 0.311 e. The van der Waals surface area contributed by atoms with E-state index in [0.29, 0.717) is 39.3 Å². The summed E-state index contributed by atoms with van der Waals surface area (Å²) in [5.74, 6) is 1.30. The summed E-state index contributed by atoms with van der Waals surface area (Å²) in [6.45, 7) is 2.66. The Bertz CT molecular complexity index is 450. The standard InChI is InChI=1S/C19H28O6/c20-18-10-1-6-16(24-18)8-3-12-22-14-5-15-23-13-4-9-17-7-2-11-19(21)25-17/h6-7H,1-5,8-15H2. The molecule has 2 rings (SSSR count). The molecule has 0 amide bonds. The van der Waals surface area contributed by atoms with Gasteiger partial charge in [-0.2, -0.15) is 0 Å². The quantitative estimate of drug-likeness (QED) is 0.396. The van der Waals surface area contributed by atoms with Gasteiger partial charge in [-0.15, -0.1) is 0 Å². The molecule has 2 aliphatic heterocycles. The van der Waals surface area contributed by atoms with Crippen molar-refractivity contribution < 1.29 is 28.5 Å². The molecule has 0 bridgehead atoms. The first kappa shape index (κ1) is 19.7. The van der Waals surface area contributed by atoms with Crippen molar-refractivity contribution in [1.82, 2.24) is 0 Å². The van der Waals surface area contributed by atoms with Crippen LogP contribution in [0.1, 0.15) is 57.8 Å². The van der Waals surface area contributed by atoms with Crippen LogP contribution >= 0.6 is 0 Å². The molecule has 6 nitrogen and oxygen atoms in total. The molecule has 0 saturated heterocycles. The SMILES string of the molecule is O=C1CCC=C(CCCOCCCOCCCC2=CCCC(=O)O2)O1. The van der Waals surface area contributed by atoms with Crippen LogP contribution in [0, 0.1) is 0 Å². The predicted molar refractivity (Wildman–Crippen MR) is 91.5 cm³/mol. The smallest absolute Gasteiger partial charge is 0.311 e. The number of carbonyl (C=O) groups excluding carboxylic acids is 2. The van der Waals surface area contributed by atoms with Gasteiger partial charge in [-0.3, -0.25) is 9.59 Å². The van der Waals surface area contributed by atoms with Crippen LogP contribution in [-0.4, -0.2) is 38.4 Å². The first-order valence-electron chi connectivity index (χ1n) is 9.19. The highest BCUT2D eigenvalue weighted by Gasteiger charge is 2.12. The van der Waals surface area contributed by atoms with Crippen molar-refractivity contribution in [3.8, 4) is 0 Å². The molecular weight excluding hydrogens is 324 g/mol. The fourth-order valence-corrected chi connectivity index (χ4v) is 2.65. The number of rotatable bonds is 12. The van der Waals surface area contributed by atoms with Gasteiger partial charge in [-0.25, -0.2) is 0 Å². The molecule has 6 heteroatoms. The molecule has 0 aromatic rings.